The van der Waals surface area contributed by atoms with Crippen LogP contribution in [0, 0.1) is 0 Å². The van der Waals surface area contributed by atoms with Gasteiger partial charge in [-0.1, -0.05) is 15.9 Å². The van der Waals surface area contributed by atoms with E-state index in [0.29, 0.717) is 11.1 Å². The predicted octanol–water partition coefficient (Wildman–Crippen LogP) is 0.425. The van der Waals surface area contributed by atoms with Crippen LogP contribution >= 0.6 is 15.9 Å². The fourth-order valence-corrected chi connectivity index (χ4v) is 2.11. The van der Waals surface area contributed by atoms with Crippen LogP contribution in [-0.4, -0.2) is 29.2 Å². The van der Waals surface area contributed by atoms with Crippen LogP contribution in [-0.2, 0) is 4.79 Å². The minimum atomic E-state index is -0.423. The number of nitrogens with zero attached hydrogens (tertiary/aromatic N) is 1. The van der Waals surface area contributed by atoms with Crippen molar-refractivity contribution in [3.05, 3.63) is 33.8 Å². The lowest BCUT2D eigenvalue weighted by atomic mass is 10.1. The van der Waals surface area contributed by atoms with Gasteiger partial charge in [0.15, 0.2) is 0 Å². The predicted molar refractivity (Wildman–Crippen MR) is 66.5 cm³/mol. The number of halogens is 1. The molecule has 1 aromatic carbocycles. The van der Waals surface area contributed by atoms with Crippen molar-refractivity contribution >= 4 is 33.7 Å². The lowest BCUT2D eigenvalue weighted by Gasteiger charge is -2.12. The standard InChI is InChI=1S/C11H10BrN3O3/c12-6-1-2-7-8(5-6)11(18)15(10(7)17)4-3-9(16)14-13/h1-2,5H,3-4,13H2,(H,14,16). The summed E-state index contributed by atoms with van der Waals surface area (Å²) in [6.07, 6.45) is -0.0108. The highest BCUT2D eigenvalue weighted by Crippen LogP contribution is 2.25. The number of amides is 3. The van der Waals surface area contributed by atoms with E-state index in [0.717, 1.165) is 9.37 Å². The zero-order valence-electron chi connectivity index (χ0n) is 9.27. The van der Waals surface area contributed by atoms with Crippen LogP contribution in [0.3, 0.4) is 0 Å². The van der Waals surface area contributed by atoms with Gasteiger partial charge in [0.1, 0.15) is 0 Å². The molecule has 0 aliphatic carbocycles. The second-order valence-electron chi connectivity index (χ2n) is 3.77. The third-order valence-corrected chi connectivity index (χ3v) is 3.15. The SMILES string of the molecule is NNC(=O)CCN1C(=O)c2ccc(Br)cc2C1=O. The molecule has 0 unspecified atom stereocenters. The molecule has 0 fully saturated rings. The Morgan fingerprint density at radius 3 is 2.61 bits per heavy atom. The van der Waals surface area contributed by atoms with E-state index in [2.05, 4.69) is 15.9 Å². The van der Waals surface area contributed by atoms with Gasteiger partial charge in [-0.2, -0.15) is 0 Å². The number of rotatable bonds is 3. The average Bonchev–Trinajstić information content (AvgIpc) is 2.59. The van der Waals surface area contributed by atoms with E-state index < -0.39 is 5.91 Å². The van der Waals surface area contributed by atoms with Crippen molar-refractivity contribution in [2.24, 2.45) is 5.84 Å². The number of hydrogen-bond acceptors (Lipinski definition) is 4. The topological polar surface area (TPSA) is 92.5 Å². The van der Waals surface area contributed by atoms with Gasteiger partial charge in [0.2, 0.25) is 5.91 Å². The van der Waals surface area contributed by atoms with Crippen LogP contribution in [0.4, 0.5) is 0 Å². The first-order chi connectivity index (χ1) is 8.54. The minimum Gasteiger partial charge on any atom is -0.294 e. The first-order valence-electron chi connectivity index (χ1n) is 5.20. The molecule has 0 radical (unpaired) electrons. The maximum atomic E-state index is 12.0. The normalized spacial score (nSPS) is 13.8. The van der Waals surface area contributed by atoms with Gasteiger partial charge in [0.05, 0.1) is 11.1 Å². The second kappa shape index (κ2) is 4.87. The Balaban J connectivity index is 2.21. The van der Waals surface area contributed by atoms with Gasteiger partial charge >= 0.3 is 0 Å². The zero-order valence-corrected chi connectivity index (χ0v) is 10.9. The third kappa shape index (κ3) is 2.14. The van der Waals surface area contributed by atoms with E-state index in [4.69, 9.17) is 5.84 Å². The van der Waals surface area contributed by atoms with Gasteiger partial charge in [-0.3, -0.25) is 24.7 Å². The lowest BCUT2D eigenvalue weighted by molar-refractivity contribution is -0.121. The molecule has 6 nitrogen and oxygen atoms in total. The number of hydrogen-bond donors (Lipinski definition) is 2. The second-order valence-corrected chi connectivity index (χ2v) is 4.69. The Bertz CT molecular complexity index is 544. The maximum Gasteiger partial charge on any atom is 0.261 e. The Kier molecular flexibility index (Phi) is 3.44. The monoisotopic (exact) mass is 311 g/mol. The summed E-state index contributed by atoms with van der Waals surface area (Å²) in [5.41, 5.74) is 2.66. The summed E-state index contributed by atoms with van der Waals surface area (Å²) < 4.78 is 0.726. The van der Waals surface area contributed by atoms with Crippen LogP contribution in [0.5, 0.6) is 0 Å². The molecule has 7 heteroatoms. The summed E-state index contributed by atoms with van der Waals surface area (Å²) in [4.78, 5) is 36.0. The van der Waals surface area contributed by atoms with Crippen LogP contribution in [0.1, 0.15) is 27.1 Å². The molecule has 0 saturated heterocycles. The molecule has 0 atom stereocenters. The molecular weight excluding hydrogens is 302 g/mol. The fourth-order valence-electron chi connectivity index (χ4n) is 1.75. The molecule has 0 aromatic heterocycles. The van der Waals surface area contributed by atoms with Crippen molar-refractivity contribution < 1.29 is 14.4 Å². The third-order valence-electron chi connectivity index (χ3n) is 2.66. The number of nitrogens with one attached hydrogen (secondary N) is 1. The van der Waals surface area contributed by atoms with Gasteiger partial charge in [-0.05, 0) is 18.2 Å². The quantitative estimate of drug-likeness (QED) is 0.366. The zero-order chi connectivity index (χ0) is 13.3. The van der Waals surface area contributed by atoms with E-state index in [1.165, 1.54) is 0 Å². The summed E-state index contributed by atoms with van der Waals surface area (Å²) in [5, 5.41) is 0. The van der Waals surface area contributed by atoms with Crippen molar-refractivity contribution in [2.75, 3.05) is 6.54 Å². The van der Waals surface area contributed by atoms with Crippen LogP contribution in [0.25, 0.3) is 0 Å². The average molecular weight is 312 g/mol. The highest BCUT2D eigenvalue weighted by atomic mass is 79.9. The van der Waals surface area contributed by atoms with Crippen LogP contribution in [0.15, 0.2) is 22.7 Å². The molecule has 2 rings (SSSR count). The molecule has 1 heterocycles. The molecule has 1 aliphatic rings. The molecular formula is C11H10BrN3O3. The maximum absolute atomic E-state index is 12.0. The summed E-state index contributed by atoms with van der Waals surface area (Å²) in [5.74, 6) is 3.74. The van der Waals surface area contributed by atoms with Gasteiger partial charge < -0.3 is 0 Å². The van der Waals surface area contributed by atoms with Crippen molar-refractivity contribution in [3.63, 3.8) is 0 Å². The van der Waals surface area contributed by atoms with Gasteiger partial charge in [0.25, 0.3) is 11.8 Å². The first kappa shape index (κ1) is 12.7. The summed E-state index contributed by atoms with van der Waals surface area (Å²) in [6.45, 7) is 0.0208. The van der Waals surface area contributed by atoms with E-state index in [1.54, 1.807) is 18.2 Å². The largest absolute Gasteiger partial charge is 0.294 e. The number of benzene rings is 1. The number of fused-ring (bicyclic) bond motifs is 1. The minimum absolute atomic E-state index is 0.0108. The molecule has 3 N–H and O–H groups in total. The van der Waals surface area contributed by atoms with Gasteiger partial charge in [0, 0.05) is 17.4 Å². The fraction of sp³-hybridized carbons (Fsp3) is 0.182. The van der Waals surface area contributed by atoms with E-state index in [9.17, 15) is 14.4 Å². The molecule has 18 heavy (non-hydrogen) atoms. The summed E-state index contributed by atoms with van der Waals surface area (Å²) in [6, 6.07) is 4.88. The number of carbonyl (C=O) groups excluding carboxylic acids is 3. The van der Waals surface area contributed by atoms with Crippen molar-refractivity contribution in [1.82, 2.24) is 10.3 Å². The number of imide groups is 1. The number of hydrazine groups is 1. The Morgan fingerprint density at radius 2 is 1.94 bits per heavy atom. The molecule has 3 amide bonds. The Hall–Kier alpha value is -1.73. The molecule has 94 valence electrons. The molecule has 1 aliphatic heterocycles. The molecule has 0 saturated carbocycles. The van der Waals surface area contributed by atoms with E-state index >= 15 is 0 Å². The lowest BCUT2D eigenvalue weighted by Crippen LogP contribution is -2.36. The van der Waals surface area contributed by atoms with Crippen LogP contribution in [0.2, 0.25) is 0 Å². The molecule has 0 spiro atoms. The van der Waals surface area contributed by atoms with E-state index in [-0.39, 0.29) is 24.8 Å². The highest BCUT2D eigenvalue weighted by molar-refractivity contribution is 9.10. The van der Waals surface area contributed by atoms with Crippen molar-refractivity contribution in [3.8, 4) is 0 Å². The molecule has 0 bridgehead atoms. The summed E-state index contributed by atoms with van der Waals surface area (Å²) in [7, 11) is 0. The van der Waals surface area contributed by atoms with Gasteiger partial charge in [-0.15, -0.1) is 0 Å². The first-order valence-corrected chi connectivity index (χ1v) is 5.99. The Labute approximate surface area is 111 Å². The Morgan fingerprint density at radius 1 is 1.28 bits per heavy atom. The van der Waals surface area contributed by atoms with E-state index in [1.807, 2.05) is 5.43 Å². The van der Waals surface area contributed by atoms with Gasteiger partial charge in [-0.25, -0.2) is 5.84 Å². The molecule has 1 aromatic rings. The van der Waals surface area contributed by atoms with Crippen molar-refractivity contribution in [1.29, 1.82) is 0 Å². The number of nitrogens with two attached hydrogens (primary N) is 1. The number of carbonyl (C=O) groups is 3. The van der Waals surface area contributed by atoms with Crippen molar-refractivity contribution in [2.45, 2.75) is 6.42 Å². The highest BCUT2D eigenvalue weighted by Gasteiger charge is 2.35. The van der Waals surface area contributed by atoms with Crippen LogP contribution < -0.4 is 11.3 Å². The summed E-state index contributed by atoms with van der Waals surface area (Å²) >= 11 is 3.24. The smallest absolute Gasteiger partial charge is 0.261 e.